The van der Waals surface area contributed by atoms with Gasteiger partial charge in [-0.05, 0) is 44.0 Å². The molecular formula is C16H24FN3O. The van der Waals surface area contributed by atoms with Crippen LogP contribution in [0.4, 0.5) is 4.39 Å². The molecule has 1 aliphatic heterocycles. The van der Waals surface area contributed by atoms with Crippen molar-refractivity contribution >= 4 is 5.91 Å². The van der Waals surface area contributed by atoms with Crippen LogP contribution in [0.15, 0.2) is 24.3 Å². The van der Waals surface area contributed by atoms with Crippen molar-refractivity contribution < 1.29 is 9.18 Å². The Morgan fingerprint density at radius 3 is 3.10 bits per heavy atom. The molecule has 1 saturated heterocycles. The van der Waals surface area contributed by atoms with E-state index >= 15 is 0 Å². The molecule has 1 amide bonds. The molecule has 4 nitrogen and oxygen atoms in total. The van der Waals surface area contributed by atoms with Gasteiger partial charge in [-0.25, -0.2) is 4.39 Å². The second-order valence-electron chi connectivity index (χ2n) is 5.64. The molecule has 1 fully saturated rings. The topological polar surface area (TPSA) is 58.4 Å². The largest absolute Gasteiger partial charge is 0.355 e. The summed E-state index contributed by atoms with van der Waals surface area (Å²) in [4.78, 5) is 14.3. The van der Waals surface area contributed by atoms with Gasteiger partial charge in [0.15, 0.2) is 0 Å². The van der Waals surface area contributed by atoms with Crippen molar-refractivity contribution in [2.24, 2.45) is 11.7 Å². The Bertz CT molecular complexity index is 480. The van der Waals surface area contributed by atoms with Gasteiger partial charge >= 0.3 is 0 Å². The number of hydrogen-bond acceptors (Lipinski definition) is 3. The second-order valence-corrected chi connectivity index (χ2v) is 5.64. The fourth-order valence-electron chi connectivity index (χ4n) is 2.89. The molecule has 0 aromatic heterocycles. The Hall–Kier alpha value is -1.46. The van der Waals surface area contributed by atoms with E-state index in [0.717, 1.165) is 24.9 Å². The highest BCUT2D eigenvalue weighted by Gasteiger charge is 2.28. The molecule has 1 aromatic rings. The Morgan fingerprint density at radius 2 is 2.38 bits per heavy atom. The normalized spacial score (nSPS) is 21.0. The molecule has 5 heteroatoms. The van der Waals surface area contributed by atoms with Gasteiger partial charge in [0.05, 0.1) is 5.92 Å². The minimum absolute atomic E-state index is 0.00121. The molecule has 1 heterocycles. The number of rotatable bonds is 5. The first-order chi connectivity index (χ1) is 10.1. The Morgan fingerprint density at radius 1 is 1.57 bits per heavy atom. The van der Waals surface area contributed by atoms with E-state index in [1.807, 2.05) is 6.07 Å². The average Bonchev–Trinajstić information content (AvgIpc) is 2.52. The van der Waals surface area contributed by atoms with Crippen molar-refractivity contribution in [1.29, 1.82) is 0 Å². The lowest BCUT2D eigenvalue weighted by Gasteiger charge is -2.36. The highest BCUT2D eigenvalue weighted by atomic mass is 19.1. The summed E-state index contributed by atoms with van der Waals surface area (Å²) < 4.78 is 13.3. The molecule has 2 atom stereocenters. The zero-order valence-electron chi connectivity index (χ0n) is 12.5. The molecule has 3 N–H and O–H groups in total. The SMILES string of the molecule is CC(c1cccc(F)c1)N1CCCC(C(=O)NCCN)C1. The van der Waals surface area contributed by atoms with Gasteiger partial charge < -0.3 is 11.1 Å². The van der Waals surface area contributed by atoms with Crippen LogP contribution in [-0.4, -0.2) is 37.0 Å². The van der Waals surface area contributed by atoms with Crippen molar-refractivity contribution in [3.05, 3.63) is 35.6 Å². The van der Waals surface area contributed by atoms with Crippen molar-refractivity contribution in [2.75, 3.05) is 26.2 Å². The van der Waals surface area contributed by atoms with Crippen LogP contribution in [0.3, 0.4) is 0 Å². The number of nitrogens with zero attached hydrogens (tertiary/aromatic N) is 1. The van der Waals surface area contributed by atoms with E-state index in [9.17, 15) is 9.18 Å². The monoisotopic (exact) mass is 293 g/mol. The number of halogens is 1. The van der Waals surface area contributed by atoms with Gasteiger partial charge in [-0.3, -0.25) is 9.69 Å². The third-order valence-electron chi connectivity index (χ3n) is 4.15. The van der Waals surface area contributed by atoms with Crippen LogP contribution in [-0.2, 0) is 4.79 Å². The molecule has 0 aliphatic carbocycles. The molecule has 116 valence electrons. The van der Waals surface area contributed by atoms with Crippen LogP contribution in [0.1, 0.15) is 31.4 Å². The van der Waals surface area contributed by atoms with E-state index in [1.165, 1.54) is 6.07 Å². The van der Waals surface area contributed by atoms with Gasteiger partial charge in [0.1, 0.15) is 5.82 Å². The highest BCUT2D eigenvalue weighted by molar-refractivity contribution is 5.78. The van der Waals surface area contributed by atoms with E-state index in [-0.39, 0.29) is 23.7 Å². The molecule has 0 saturated carbocycles. The van der Waals surface area contributed by atoms with Crippen molar-refractivity contribution in [1.82, 2.24) is 10.2 Å². The number of piperidine rings is 1. The van der Waals surface area contributed by atoms with Crippen LogP contribution in [0.5, 0.6) is 0 Å². The lowest BCUT2D eigenvalue weighted by molar-refractivity contribution is -0.126. The molecule has 21 heavy (non-hydrogen) atoms. The van der Waals surface area contributed by atoms with E-state index in [0.29, 0.717) is 19.6 Å². The van der Waals surface area contributed by atoms with Gasteiger partial charge in [-0.15, -0.1) is 0 Å². The van der Waals surface area contributed by atoms with Crippen LogP contribution in [0.25, 0.3) is 0 Å². The molecular weight excluding hydrogens is 269 g/mol. The number of hydrogen-bond donors (Lipinski definition) is 2. The van der Waals surface area contributed by atoms with Gasteiger partial charge in [-0.1, -0.05) is 12.1 Å². The lowest BCUT2D eigenvalue weighted by atomic mass is 9.94. The number of carbonyl (C=O) groups is 1. The molecule has 0 spiro atoms. The first kappa shape index (κ1) is 15.9. The van der Waals surface area contributed by atoms with Gasteiger partial charge in [0.25, 0.3) is 0 Å². The number of carbonyl (C=O) groups excluding carboxylic acids is 1. The number of likely N-dealkylation sites (tertiary alicyclic amines) is 1. The second kappa shape index (κ2) is 7.52. The molecule has 1 aromatic carbocycles. The Kier molecular flexibility index (Phi) is 5.70. The summed E-state index contributed by atoms with van der Waals surface area (Å²) in [7, 11) is 0. The molecule has 1 aliphatic rings. The van der Waals surface area contributed by atoms with Crippen LogP contribution in [0.2, 0.25) is 0 Å². The first-order valence-electron chi connectivity index (χ1n) is 7.59. The van der Waals surface area contributed by atoms with Gasteiger partial charge in [-0.2, -0.15) is 0 Å². The van der Waals surface area contributed by atoms with E-state index in [4.69, 9.17) is 5.73 Å². The summed E-state index contributed by atoms with van der Waals surface area (Å²) >= 11 is 0. The lowest BCUT2D eigenvalue weighted by Crippen LogP contribution is -2.44. The minimum Gasteiger partial charge on any atom is -0.355 e. The van der Waals surface area contributed by atoms with Gasteiger partial charge in [0.2, 0.25) is 5.91 Å². The summed E-state index contributed by atoms with van der Waals surface area (Å²) in [5, 5.41) is 2.86. The maximum absolute atomic E-state index is 13.3. The zero-order valence-corrected chi connectivity index (χ0v) is 12.5. The summed E-state index contributed by atoms with van der Waals surface area (Å²) in [6.45, 7) is 4.71. The third kappa shape index (κ3) is 4.25. The summed E-state index contributed by atoms with van der Waals surface area (Å²) in [5.74, 6) is -0.133. The van der Waals surface area contributed by atoms with Crippen molar-refractivity contribution in [2.45, 2.75) is 25.8 Å². The number of amides is 1. The first-order valence-corrected chi connectivity index (χ1v) is 7.59. The summed E-state index contributed by atoms with van der Waals surface area (Å²) in [6, 6.07) is 6.81. The number of benzene rings is 1. The molecule has 2 rings (SSSR count). The maximum atomic E-state index is 13.3. The van der Waals surface area contributed by atoms with Crippen LogP contribution < -0.4 is 11.1 Å². The van der Waals surface area contributed by atoms with Gasteiger partial charge in [0, 0.05) is 25.7 Å². The fraction of sp³-hybridized carbons (Fsp3) is 0.562. The zero-order chi connectivity index (χ0) is 15.2. The number of nitrogens with one attached hydrogen (secondary N) is 1. The Balaban J connectivity index is 1.98. The number of nitrogens with two attached hydrogens (primary N) is 1. The summed E-state index contributed by atoms with van der Waals surface area (Å²) in [5.41, 5.74) is 6.37. The standard InChI is InChI=1S/C16H24FN3O/c1-12(13-4-2-6-15(17)10-13)20-9-3-5-14(11-20)16(21)19-8-7-18/h2,4,6,10,12,14H,3,5,7-9,11,18H2,1H3,(H,19,21). The van der Waals surface area contributed by atoms with E-state index in [2.05, 4.69) is 17.1 Å². The predicted octanol–water partition coefficient (Wildman–Crippen LogP) is 1.67. The summed E-state index contributed by atoms with van der Waals surface area (Å²) in [6.07, 6.45) is 1.89. The molecule has 2 unspecified atom stereocenters. The smallest absolute Gasteiger partial charge is 0.224 e. The molecule has 0 bridgehead atoms. The quantitative estimate of drug-likeness (QED) is 0.868. The predicted molar refractivity (Wildman–Crippen MR) is 81.2 cm³/mol. The molecule has 0 radical (unpaired) electrons. The minimum atomic E-state index is -0.214. The van der Waals surface area contributed by atoms with E-state index in [1.54, 1.807) is 12.1 Å². The Labute approximate surface area is 125 Å². The van der Waals surface area contributed by atoms with Crippen molar-refractivity contribution in [3.8, 4) is 0 Å². The van der Waals surface area contributed by atoms with Crippen molar-refractivity contribution in [3.63, 3.8) is 0 Å². The maximum Gasteiger partial charge on any atom is 0.224 e. The third-order valence-corrected chi connectivity index (χ3v) is 4.15. The van der Waals surface area contributed by atoms with E-state index < -0.39 is 0 Å². The van der Waals surface area contributed by atoms with Crippen LogP contribution in [0, 0.1) is 11.7 Å². The fourth-order valence-corrected chi connectivity index (χ4v) is 2.89. The average molecular weight is 293 g/mol. The van der Waals surface area contributed by atoms with Crippen LogP contribution >= 0.6 is 0 Å². The highest BCUT2D eigenvalue weighted by Crippen LogP contribution is 2.27.